The summed E-state index contributed by atoms with van der Waals surface area (Å²) in [5, 5.41) is 10.2. The van der Waals surface area contributed by atoms with Crippen LogP contribution in [0.4, 0.5) is 11.4 Å². The summed E-state index contributed by atoms with van der Waals surface area (Å²) in [5.74, 6) is -1.51. The lowest BCUT2D eigenvalue weighted by Gasteiger charge is -2.16. The first kappa shape index (κ1) is 33.7. The van der Waals surface area contributed by atoms with Crippen LogP contribution in [0, 0.1) is 0 Å². The third kappa shape index (κ3) is 8.77. The van der Waals surface area contributed by atoms with Crippen molar-refractivity contribution in [1.82, 2.24) is 5.32 Å². The Labute approximate surface area is 283 Å². The quantitative estimate of drug-likeness (QED) is 0.0714. The molecule has 5 aromatic carbocycles. The van der Waals surface area contributed by atoms with E-state index in [4.69, 9.17) is 4.74 Å². The lowest BCUT2D eigenvalue weighted by atomic mass is 10.0. The average molecular weight is 658 g/mol. The number of fused-ring (bicyclic) bond motifs is 1. The van der Waals surface area contributed by atoms with Crippen LogP contribution >= 0.6 is 11.8 Å². The van der Waals surface area contributed by atoms with Crippen LogP contribution in [0.5, 0.6) is 0 Å². The minimum Gasteiger partial charge on any atom is -0.462 e. The van der Waals surface area contributed by atoms with Crippen LogP contribution < -0.4 is 16.0 Å². The smallest absolute Gasteiger partial charge is 0.338 e. The SMILES string of the molecule is CCOC(=O)c1ccc(NC(=O)C(CC)Sc2cccc(NC(=O)/C(=C\c3cccc4ccccc34)NC(=O)c3ccccc3)c2)cc1. The Morgan fingerprint density at radius 1 is 0.729 bits per heavy atom. The fraction of sp³-hybridized carbons (Fsp3) is 0.128. The highest BCUT2D eigenvalue weighted by atomic mass is 32.2. The molecular weight excluding hydrogens is 623 g/mol. The van der Waals surface area contributed by atoms with E-state index in [2.05, 4.69) is 16.0 Å². The van der Waals surface area contributed by atoms with E-state index in [0.29, 0.717) is 28.9 Å². The van der Waals surface area contributed by atoms with Crippen molar-refractivity contribution in [3.8, 4) is 0 Å². The molecule has 0 bridgehead atoms. The maximum absolute atomic E-state index is 13.7. The molecule has 8 nitrogen and oxygen atoms in total. The van der Waals surface area contributed by atoms with E-state index >= 15 is 0 Å². The maximum Gasteiger partial charge on any atom is 0.338 e. The molecule has 3 amide bonds. The number of carbonyl (C=O) groups excluding carboxylic acids is 4. The van der Waals surface area contributed by atoms with Gasteiger partial charge >= 0.3 is 5.97 Å². The highest BCUT2D eigenvalue weighted by Gasteiger charge is 2.20. The Morgan fingerprint density at radius 3 is 2.19 bits per heavy atom. The van der Waals surface area contributed by atoms with Gasteiger partial charge in [0, 0.05) is 21.8 Å². The van der Waals surface area contributed by atoms with Gasteiger partial charge in [-0.3, -0.25) is 14.4 Å². The molecule has 3 N–H and O–H groups in total. The Morgan fingerprint density at radius 2 is 1.44 bits per heavy atom. The van der Waals surface area contributed by atoms with Crippen molar-refractivity contribution in [1.29, 1.82) is 0 Å². The molecule has 1 atom stereocenters. The molecule has 0 radical (unpaired) electrons. The molecule has 0 saturated heterocycles. The highest BCUT2D eigenvalue weighted by molar-refractivity contribution is 8.00. The van der Waals surface area contributed by atoms with E-state index in [9.17, 15) is 19.2 Å². The fourth-order valence-corrected chi connectivity index (χ4v) is 5.95. The molecule has 0 saturated carbocycles. The van der Waals surface area contributed by atoms with Crippen molar-refractivity contribution in [2.75, 3.05) is 17.2 Å². The number of anilines is 2. The Kier molecular flexibility index (Phi) is 11.4. The van der Waals surface area contributed by atoms with E-state index in [0.717, 1.165) is 21.2 Å². The standard InChI is InChI=1S/C39H35N3O5S/c1-3-35(38(45)40-30-22-20-28(21-23-30)39(46)47-4-2)48-32-18-11-17-31(25-32)41-37(44)34(42-36(43)27-13-6-5-7-14-27)24-29-16-10-15-26-12-8-9-19-33(26)29/h5-25,35H,3-4H2,1-2H3,(H,40,45)(H,41,44)(H,42,43)/b34-24+. The lowest BCUT2D eigenvalue weighted by molar-refractivity contribution is -0.116. The summed E-state index contributed by atoms with van der Waals surface area (Å²) in [6.45, 7) is 3.95. The van der Waals surface area contributed by atoms with E-state index < -0.39 is 23.0 Å². The molecule has 0 aliphatic heterocycles. The Hall–Kier alpha value is -5.67. The number of benzene rings is 5. The van der Waals surface area contributed by atoms with Crippen LogP contribution in [-0.4, -0.2) is 35.5 Å². The van der Waals surface area contributed by atoms with E-state index in [1.807, 2.05) is 61.5 Å². The molecule has 5 rings (SSSR count). The van der Waals surface area contributed by atoms with Gasteiger partial charge in [0.2, 0.25) is 5.91 Å². The van der Waals surface area contributed by atoms with Gasteiger partial charge in [-0.1, -0.05) is 73.7 Å². The number of carbonyl (C=O) groups is 4. The predicted octanol–water partition coefficient (Wildman–Crippen LogP) is 7.94. The normalized spacial score (nSPS) is 11.8. The average Bonchev–Trinajstić information content (AvgIpc) is 3.11. The van der Waals surface area contributed by atoms with Gasteiger partial charge in [-0.2, -0.15) is 0 Å². The van der Waals surface area contributed by atoms with Crippen molar-refractivity contribution < 1.29 is 23.9 Å². The summed E-state index contributed by atoms with van der Waals surface area (Å²) in [7, 11) is 0. The van der Waals surface area contributed by atoms with Gasteiger partial charge in [-0.25, -0.2) is 4.79 Å². The number of hydrogen-bond donors (Lipinski definition) is 3. The molecule has 48 heavy (non-hydrogen) atoms. The molecular formula is C39H35N3O5S. The van der Waals surface area contributed by atoms with Crippen LogP contribution in [0.15, 0.2) is 132 Å². The van der Waals surface area contributed by atoms with Crippen molar-refractivity contribution >= 4 is 63.7 Å². The number of esters is 1. The van der Waals surface area contributed by atoms with Crippen molar-refractivity contribution in [3.05, 3.63) is 144 Å². The first-order valence-electron chi connectivity index (χ1n) is 15.6. The van der Waals surface area contributed by atoms with Gasteiger partial charge in [0.05, 0.1) is 17.4 Å². The Balaban J connectivity index is 1.32. The predicted molar refractivity (Wildman–Crippen MR) is 192 cm³/mol. The van der Waals surface area contributed by atoms with Gasteiger partial charge in [0.15, 0.2) is 0 Å². The number of ether oxygens (including phenoxy) is 1. The zero-order chi connectivity index (χ0) is 33.9. The summed E-state index contributed by atoms with van der Waals surface area (Å²) in [6.07, 6.45) is 2.23. The van der Waals surface area contributed by atoms with Crippen LogP contribution in [0.1, 0.15) is 46.5 Å². The zero-order valence-corrected chi connectivity index (χ0v) is 27.4. The third-order valence-electron chi connectivity index (χ3n) is 7.35. The topological polar surface area (TPSA) is 114 Å². The van der Waals surface area contributed by atoms with Crippen LogP contribution in [0.25, 0.3) is 16.8 Å². The molecule has 0 spiro atoms. The number of rotatable bonds is 12. The number of nitrogens with one attached hydrogen (secondary N) is 3. The number of hydrogen-bond acceptors (Lipinski definition) is 6. The van der Waals surface area contributed by atoms with Gasteiger partial charge in [0.1, 0.15) is 5.70 Å². The largest absolute Gasteiger partial charge is 0.462 e. The van der Waals surface area contributed by atoms with E-state index in [-0.39, 0.29) is 18.2 Å². The molecule has 5 aromatic rings. The molecule has 1 unspecified atom stereocenters. The fourth-order valence-electron chi connectivity index (χ4n) is 4.93. The van der Waals surface area contributed by atoms with E-state index in [1.54, 1.807) is 79.7 Å². The summed E-state index contributed by atoms with van der Waals surface area (Å²) in [4.78, 5) is 52.8. The molecule has 0 heterocycles. The minimum atomic E-state index is -0.495. The molecule has 242 valence electrons. The highest BCUT2D eigenvalue weighted by Crippen LogP contribution is 2.29. The summed E-state index contributed by atoms with van der Waals surface area (Å²) in [5.41, 5.74) is 2.77. The first-order chi connectivity index (χ1) is 23.3. The minimum absolute atomic E-state index is 0.0815. The maximum atomic E-state index is 13.7. The van der Waals surface area contributed by atoms with Crippen molar-refractivity contribution in [2.24, 2.45) is 0 Å². The summed E-state index contributed by atoms with van der Waals surface area (Å²) < 4.78 is 5.02. The molecule has 9 heteroatoms. The second-order valence-corrected chi connectivity index (χ2v) is 12.0. The van der Waals surface area contributed by atoms with Gasteiger partial charge < -0.3 is 20.7 Å². The second kappa shape index (κ2) is 16.2. The van der Waals surface area contributed by atoms with Crippen molar-refractivity contribution in [3.63, 3.8) is 0 Å². The summed E-state index contributed by atoms with van der Waals surface area (Å²) in [6, 6.07) is 36.1. The van der Waals surface area contributed by atoms with Crippen molar-refractivity contribution in [2.45, 2.75) is 30.4 Å². The molecule has 0 aromatic heterocycles. The molecule has 0 aliphatic carbocycles. The molecule has 0 aliphatic rings. The second-order valence-electron chi connectivity index (χ2n) is 10.7. The van der Waals surface area contributed by atoms with E-state index in [1.165, 1.54) is 11.8 Å². The summed E-state index contributed by atoms with van der Waals surface area (Å²) >= 11 is 1.37. The van der Waals surface area contributed by atoms with Crippen LogP contribution in [0.3, 0.4) is 0 Å². The zero-order valence-electron chi connectivity index (χ0n) is 26.6. The van der Waals surface area contributed by atoms with Crippen LogP contribution in [0.2, 0.25) is 0 Å². The lowest BCUT2D eigenvalue weighted by Crippen LogP contribution is -2.30. The van der Waals surface area contributed by atoms with Crippen LogP contribution in [-0.2, 0) is 14.3 Å². The monoisotopic (exact) mass is 657 g/mol. The van der Waals surface area contributed by atoms with Gasteiger partial charge in [-0.05, 0) is 90.4 Å². The Bertz CT molecular complexity index is 1950. The number of thioether (sulfide) groups is 1. The van der Waals surface area contributed by atoms with Gasteiger partial charge in [0.25, 0.3) is 11.8 Å². The van der Waals surface area contributed by atoms with Gasteiger partial charge in [-0.15, -0.1) is 11.8 Å². The first-order valence-corrected chi connectivity index (χ1v) is 16.4. The molecule has 0 fully saturated rings. The third-order valence-corrected chi connectivity index (χ3v) is 8.71. The number of amides is 3.